The van der Waals surface area contributed by atoms with Gasteiger partial charge in [-0.2, -0.15) is 8.42 Å². The fourth-order valence-electron chi connectivity index (χ4n) is 3.08. The molecule has 15 nitrogen and oxygen atoms in total. The van der Waals surface area contributed by atoms with E-state index in [1.54, 1.807) is 0 Å². The lowest BCUT2D eigenvalue weighted by atomic mass is 10.0. The molecule has 32 heavy (non-hydrogen) atoms. The SMILES string of the molecule is C[C@H]1[C@H](NC(=O)C(=NOCC2CC(=O)C(=O)CN2N)c2csc(N)n2)C(=O)N1S(=O)(=O)O. The molecule has 1 aromatic rings. The summed E-state index contributed by atoms with van der Waals surface area (Å²) in [6.07, 6.45) is -0.185. The number of nitrogens with zero attached hydrogens (tertiary/aromatic N) is 4. The van der Waals surface area contributed by atoms with Crippen LogP contribution in [-0.4, -0.2) is 87.6 Å². The maximum absolute atomic E-state index is 12.7. The second kappa shape index (κ2) is 8.87. The highest BCUT2D eigenvalue weighted by molar-refractivity contribution is 7.84. The molecule has 0 radical (unpaired) electrons. The molecule has 0 aliphatic carbocycles. The second-order valence-corrected chi connectivity index (χ2v) is 9.17. The number of thiazole rings is 1. The van der Waals surface area contributed by atoms with Crippen LogP contribution in [0.3, 0.4) is 0 Å². The van der Waals surface area contributed by atoms with Crippen LogP contribution in [0.4, 0.5) is 5.13 Å². The average molecular weight is 489 g/mol. The quantitative estimate of drug-likeness (QED) is 0.0752. The molecule has 1 aromatic heterocycles. The minimum absolute atomic E-state index is 0.0237. The van der Waals surface area contributed by atoms with Gasteiger partial charge in [0.2, 0.25) is 11.6 Å². The lowest BCUT2D eigenvalue weighted by Gasteiger charge is -2.42. The third-order valence-electron chi connectivity index (χ3n) is 4.80. The normalized spacial score (nSPS) is 25.0. The first-order valence-electron chi connectivity index (χ1n) is 9.00. The number of oxime groups is 1. The molecule has 3 atom stereocenters. The van der Waals surface area contributed by atoms with Crippen LogP contribution in [0, 0.1) is 0 Å². The van der Waals surface area contributed by atoms with Crippen molar-refractivity contribution < 1.29 is 37.0 Å². The molecule has 2 aliphatic rings. The van der Waals surface area contributed by atoms with Crippen molar-refractivity contribution in [1.29, 1.82) is 0 Å². The van der Waals surface area contributed by atoms with E-state index in [1.165, 1.54) is 12.3 Å². The molecule has 6 N–H and O–H groups in total. The molecule has 3 rings (SSSR count). The van der Waals surface area contributed by atoms with E-state index in [9.17, 15) is 27.6 Å². The Hall–Kier alpha value is -2.99. The number of Topliss-reactive ketones (excluding diaryl/α,β-unsaturated/α-hetero) is 2. The number of rotatable bonds is 7. The van der Waals surface area contributed by atoms with E-state index in [1.807, 2.05) is 0 Å². The molecular formula is C15H19N7O8S2. The topological polar surface area (TPSA) is 228 Å². The highest BCUT2D eigenvalue weighted by atomic mass is 32.2. The van der Waals surface area contributed by atoms with Crippen molar-refractivity contribution in [3.8, 4) is 0 Å². The first-order valence-corrected chi connectivity index (χ1v) is 11.3. The van der Waals surface area contributed by atoms with Gasteiger partial charge < -0.3 is 15.9 Å². The Kier molecular flexibility index (Phi) is 6.56. The van der Waals surface area contributed by atoms with Gasteiger partial charge in [0.1, 0.15) is 18.3 Å². The predicted molar refractivity (Wildman–Crippen MR) is 108 cm³/mol. The number of carbonyl (C=O) groups is 4. The number of nitrogen functional groups attached to an aromatic ring is 1. The Morgan fingerprint density at radius 3 is 2.66 bits per heavy atom. The van der Waals surface area contributed by atoms with Crippen LogP contribution >= 0.6 is 11.3 Å². The second-order valence-electron chi connectivity index (χ2n) is 6.99. The molecule has 2 aliphatic heterocycles. The summed E-state index contributed by atoms with van der Waals surface area (Å²) in [4.78, 5) is 56.8. The van der Waals surface area contributed by atoms with Gasteiger partial charge in [0.25, 0.3) is 11.8 Å². The maximum atomic E-state index is 12.7. The average Bonchev–Trinajstić information content (AvgIpc) is 3.11. The Morgan fingerprint density at radius 1 is 1.41 bits per heavy atom. The predicted octanol–water partition coefficient (Wildman–Crippen LogP) is -2.95. The summed E-state index contributed by atoms with van der Waals surface area (Å²) in [6.45, 7) is 0.797. The number of aromatic nitrogens is 1. The van der Waals surface area contributed by atoms with E-state index in [4.69, 9.17) is 21.0 Å². The number of β-lactam (4-membered cyclic amide) rings is 1. The fourth-order valence-corrected chi connectivity index (χ4v) is 4.52. The number of anilines is 1. The van der Waals surface area contributed by atoms with Crippen LogP contribution in [0.1, 0.15) is 19.0 Å². The van der Waals surface area contributed by atoms with Crippen molar-refractivity contribution in [2.45, 2.75) is 31.5 Å². The molecule has 174 valence electrons. The Labute approximate surface area is 185 Å². The zero-order valence-electron chi connectivity index (χ0n) is 16.5. The number of nitrogens with one attached hydrogen (secondary N) is 1. The lowest BCUT2D eigenvalue weighted by molar-refractivity contribution is -0.144. The number of hydrogen-bond donors (Lipinski definition) is 4. The van der Waals surface area contributed by atoms with E-state index >= 15 is 0 Å². The Balaban J connectivity index is 1.72. The van der Waals surface area contributed by atoms with Gasteiger partial charge in [-0.15, -0.1) is 11.3 Å². The van der Waals surface area contributed by atoms with Gasteiger partial charge in [-0.25, -0.2) is 14.3 Å². The summed E-state index contributed by atoms with van der Waals surface area (Å²) in [5, 5.41) is 8.69. The van der Waals surface area contributed by atoms with Crippen molar-refractivity contribution in [1.82, 2.24) is 19.6 Å². The van der Waals surface area contributed by atoms with Crippen LogP contribution in [0.15, 0.2) is 10.5 Å². The lowest BCUT2D eigenvalue weighted by Crippen LogP contribution is -2.71. The number of hydrazine groups is 1. The van der Waals surface area contributed by atoms with Gasteiger partial charge in [0, 0.05) is 11.8 Å². The van der Waals surface area contributed by atoms with Crippen molar-refractivity contribution in [3.05, 3.63) is 11.1 Å². The molecule has 2 saturated heterocycles. The summed E-state index contributed by atoms with van der Waals surface area (Å²) < 4.78 is 31.7. The summed E-state index contributed by atoms with van der Waals surface area (Å²) in [6, 6.07) is -2.95. The molecular weight excluding hydrogens is 470 g/mol. The third kappa shape index (κ3) is 4.75. The van der Waals surface area contributed by atoms with Gasteiger partial charge in [0.05, 0.1) is 18.6 Å². The van der Waals surface area contributed by atoms with Crippen LogP contribution in [0.25, 0.3) is 0 Å². The van der Waals surface area contributed by atoms with Gasteiger partial charge in [-0.05, 0) is 6.92 Å². The van der Waals surface area contributed by atoms with Crippen LogP contribution in [0.2, 0.25) is 0 Å². The fraction of sp³-hybridized carbons (Fsp3) is 0.467. The van der Waals surface area contributed by atoms with E-state index in [0.29, 0.717) is 0 Å². The van der Waals surface area contributed by atoms with Crippen molar-refractivity contribution in [2.24, 2.45) is 11.0 Å². The van der Waals surface area contributed by atoms with Gasteiger partial charge in [-0.3, -0.25) is 29.6 Å². The number of carbonyl (C=O) groups excluding carboxylic acids is 4. The number of amides is 2. The summed E-state index contributed by atoms with van der Waals surface area (Å²) >= 11 is 1.01. The summed E-state index contributed by atoms with van der Waals surface area (Å²) in [5.41, 5.74) is 5.24. The zero-order chi connectivity index (χ0) is 23.8. The summed E-state index contributed by atoms with van der Waals surface area (Å²) in [5.74, 6) is 2.53. The first kappa shape index (κ1) is 23.7. The van der Waals surface area contributed by atoms with Crippen LogP contribution in [-0.2, 0) is 34.3 Å². The smallest absolute Gasteiger partial charge is 0.362 e. The number of ketones is 2. The van der Waals surface area contributed by atoms with Crippen LogP contribution < -0.4 is 16.9 Å². The van der Waals surface area contributed by atoms with Crippen molar-refractivity contribution in [2.75, 3.05) is 18.9 Å². The third-order valence-corrected chi connectivity index (χ3v) is 6.48. The minimum atomic E-state index is -4.76. The number of hydrogen-bond acceptors (Lipinski definition) is 13. The molecule has 0 bridgehead atoms. The number of nitrogens with two attached hydrogens (primary N) is 2. The van der Waals surface area contributed by atoms with E-state index in [0.717, 1.165) is 16.3 Å². The molecule has 17 heteroatoms. The maximum Gasteiger partial charge on any atom is 0.362 e. The molecule has 3 heterocycles. The monoisotopic (exact) mass is 489 g/mol. The van der Waals surface area contributed by atoms with Gasteiger partial charge in [-0.1, -0.05) is 5.16 Å². The van der Waals surface area contributed by atoms with E-state index < -0.39 is 51.8 Å². The molecule has 0 spiro atoms. The Morgan fingerprint density at radius 2 is 2.09 bits per heavy atom. The van der Waals surface area contributed by atoms with Gasteiger partial charge >= 0.3 is 10.3 Å². The van der Waals surface area contributed by atoms with E-state index in [2.05, 4.69) is 15.5 Å². The number of piperidine rings is 1. The standard InChI is InChI=1S/C15H19N7O8S2/c1-6-11(14(26)22(6)32(27,28)29)19-13(25)12(8-5-31-15(16)18-8)20-30-4-7-2-9(23)10(24)3-21(7)17/h5-7,11H,2-4,17H2,1H3,(H2,16,18)(H,19,25)(H,27,28,29)/t6-,7?,11-/m0/s1. The molecule has 0 aromatic carbocycles. The first-order chi connectivity index (χ1) is 14.9. The minimum Gasteiger partial charge on any atom is -0.393 e. The molecule has 0 saturated carbocycles. The zero-order valence-corrected chi connectivity index (χ0v) is 18.1. The van der Waals surface area contributed by atoms with Crippen LogP contribution in [0.5, 0.6) is 0 Å². The van der Waals surface area contributed by atoms with Crippen molar-refractivity contribution >= 4 is 55.9 Å². The molecule has 2 fully saturated rings. The van der Waals surface area contributed by atoms with Gasteiger partial charge in [0.15, 0.2) is 10.8 Å². The largest absolute Gasteiger partial charge is 0.393 e. The molecule has 1 unspecified atom stereocenters. The Bertz CT molecular complexity index is 1100. The van der Waals surface area contributed by atoms with E-state index in [-0.39, 0.29) is 40.4 Å². The van der Waals surface area contributed by atoms with Crippen molar-refractivity contribution in [3.63, 3.8) is 0 Å². The molecule has 2 amide bonds. The highest BCUT2D eigenvalue weighted by Crippen LogP contribution is 2.23. The summed E-state index contributed by atoms with van der Waals surface area (Å²) in [7, 11) is -4.76. The highest BCUT2D eigenvalue weighted by Gasteiger charge is 2.51.